The Morgan fingerprint density at radius 2 is 1.91 bits per heavy atom. The molecule has 11 heteroatoms. The van der Waals surface area contributed by atoms with Crippen LogP contribution in [0.25, 0.3) is 5.69 Å². The Labute approximate surface area is 209 Å². The van der Waals surface area contributed by atoms with Crippen molar-refractivity contribution in [2.75, 3.05) is 37.3 Å². The number of anilines is 1. The molecule has 1 aliphatic heterocycles. The normalized spacial score (nSPS) is 18.8. The third-order valence-corrected chi connectivity index (χ3v) is 7.96. The van der Waals surface area contributed by atoms with Gasteiger partial charge in [-0.1, -0.05) is 23.7 Å². The molecule has 0 radical (unpaired) electrons. The topological polar surface area (TPSA) is 97.6 Å². The average molecular weight is 516 g/mol. The summed E-state index contributed by atoms with van der Waals surface area (Å²) in [7, 11) is -3.28. The van der Waals surface area contributed by atoms with E-state index in [0.717, 1.165) is 30.5 Å². The highest BCUT2D eigenvalue weighted by atomic mass is 35.5. The summed E-state index contributed by atoms with van der Waals surface area (Å²) in [5.41, 5.74) is 2.64. The molecule has 184 valence electrons. The minimum absolute atomic E-state index is 0.177. The number of pyridine rings is 1. The van der Waals surface area contributed by atoms with Crippen LogP contribution in [-0.2, 0) is 16.4 Å². The predicted octanol–water partition coefficient (Wildman–Crippen LogP) is 2.82. The Hall–Kier alpha value is -2.95. The molecule has 3 heterocycles. The highest BCUT2D eigenvalue weighted by Gasteiger charge is 2.30. The predicted molar refractivity (Wildman–Crippen MR) is 134 cm³/mol. The van der Waals surface area contributed by atoms with Gasteiger partial charge in [0.15, 0.2) is 0 Å². The summed E-state index contributed by atoms with van der Waals surface area (Å²) in [4.78, 5) is 20.2. The zero-order valence-electron chi connectivity index (χ0n) is 19.3. The number of aryl methyl sites for hydroxylation is 1. The summed E-state index contributed by atoms with van der Waals surface area (Å²) in [6.45, 7) is 1.49. The third kappa shape index (κ3) is 4.91. The molecule has 3 aromatic rings. The second kappa shape index (κ2) is 9.60. The van der Waals surface area contributed by atoms with E-state index in [1.807, 2.05) is 17.0 Å². The van der Waals surface area contributed by atoms with Gasteiger partial charge in [-0.3, -0.25) is 9.78 Å². The average Bonchev–Trinajstić information content (AvgIpc) is 2.85. The first kappa shape index (κ1) is 23.8. The van der Waals surface area contributed by atoms with Crippen LogP contribution < -0.4 is 15.2 Å². The van der Waals surface area contributed by atoms with Crippen LogP contribution in [0, 0.1) is 0 Å². The molecule has 5 rings (SSSR count). The van der Waals surface area contributed by atoms with Gasteiger partial charge in [0, 0.05) is 37.4 Å². The number of sulfonamides is 1. The molecule has 35 heavy (non-hydrogen) atoms. The zero-order valence-corrected chi connectivity index (χ0v) is 20.9. The third-order valence-electron chi connectivity index (χ3n) is 6.42. The van der Waals surface area contributed by atoms with Crippen molar-refractivity contribution in [1.82, 2.24) is 19.1 Å². The van der Waals surface area contributed by atoms with Crippen molar-refractivity contribution < 1.29 is 13.2 Å². The first-order chi connectivity index (χ1) is 16.8. The molecule has 1 saturated heterocycles. The number of hydrogen-bond donors (Lipinski definition) is 0. The molecule has 0 saturated carbocycles. The summed E-state index contributed by atoms with van der Waals surface area (Å²) >= 11 is 6.16. The first-order valence-electron chi connectivity index (χ1n) is 11.5. The van der Waals surface area contributed by atoms with E-state index in [1.54, 1.807) is 36.7 Å². The summed E-state index contributed by atoms with van der Waals surface area (Å²) in [6, 6.07) is 10.9. The van der Waals surface area contributed by atoms with Gasteiger partial charge in [0.2, 0.25) is 15.8 Å². The van der Waals surface area contributed by atoms with Crippen molar-refractivity contribution in [2.24, 2.45) is 0 Å². The molecule has 1 aromatic carbocycles. The van der Waals surface area contributed by atoms with Gasteiger partial charge < -0.3 is 9.64 Å². The smallest absolute Gasteiger partial charge is 0.316 e. The van der Waals surface area contributed by atoms with Crippen LogP contribution in [0.5, 0.6) is 5.75 Å². The van der Waals surface area contributed by atoms with E-state index < -0.39 is 15.6 Å². The zero-order chi connectivity index (χ0) is 24.6. The SMILES string of the molecule is CS(=O)(=O)N1CCN(c2cnn(-c3cccc(Cl)c3)c(=O)c2OC2CCCc3cccnc32)CC1. The molecule has 9 nitrogen and oxygen atoms in total. The molecular formula is C24H26ClN5O4S. The summed E-state index contributed by atoms with van der Waals surface area (Å²) in [6.07, 6.45) is 6.78. The minimum atomic E-state index is -3.28. The Morgan fingerprint density at radius 1 is 1.11 bits per heavy atom. The van der Waals surface area contributed by atoms with Gasteiger partial charge in [-0.15, -0.1) is 0 Å². The van der Waals surface area contributed by atoms with E-state index in [4.69, 9.17) is 16.3 Å². The number of ether oxygens (including phenoxy) is 1. The van der Waals surface area contributed by atoms with Crippen LogP contribution in [0.3, 0.4) is 0 Å². The molecule has 0 amide bonds. The molecule has 0 N–H and O–H groups in total. The van der Waals surface area contributed by atoms with E-state index in [2.05, 4.69) is 10.1 Å². The van der Waals surface area contributed by atoms with Crippen LogP contribution in [-0.4, -0.2) is 59.9 Å². The standard InChI is InChI=1S/C24H26ClN5O4S/c1-35(32,33)29-13-11-28(12-14-29)20-16-27-30(19-8-3-7-18(25)15-19)24(31)23(20)34-21-9-2-5-17-6-4-10-26-22(17)21/h3-4,6-8,10,15-16,21H,2,5,9,11-14H2,1H3. The Kier molecular flexibility index (Phi) is 6.52. The van der Waals surface area contributed by atoms with Crippen LogP contribution in [0.2, 0.25) is 5.02 Å². The van der Waals surface area contributed by atoms with E-state index in [-0.39, 0.29) is 11.9 Å². The molecule has 0 bridgehead atoms. The quantitative estimate of drug-likeness (QED) is 0.515. The maximum atomic E-state index is 13.7. The van der Waals surface area contributed by atoms with Gasteiger partial charge in [0.1, 0.15) is 11.8 Å². The Morgan fingerprint density at radius 3 is 2.66 bits per heavy atom. The fourth-order valence-electron chi connectivity index (χ4n) is 4.64. The van der Waals surface area contributed by atoms with Crippen LogP contribution in [0.1, 0.15) is 30.2 Å². The lowest BCUT2D eigenvalue weighted by Crippen LogP contribution is -2.48. The lowest BCUT2D eigenvalue weighted by atomic mass is 9.94. The number of hydrogen-bond acceptors (Lipinski definition) is 7. The lowest BCUT2D eigenvalue weighted by molar-refractivity contribution is 0.175. The fourth-order valence-corrected chi connectivity index (χ4v) is 5.65. The minimum Gasteiger partial charge on any atom is -0.476 e. The number of rotatable bonds is 5. The Balaban J connectivity index is 1.55. The molecule has 1 aliphatic carbocycles. The molecule has 0 spiro atoms. The Bertz CT molecular complexity index is 1400. The largest absolute Gasteiger partial charge is 0.476 e. The summed E-state index contributed by atoms with van der Waals surface area (Å²) in [5.74, 6) is 0.177. The summed E-state index contributed by atoms with van der Waals surface area (Å²) in [5, 5.41) is 4.90. The van der Waals surface area contributed by atoms with Gasteiger partial charge in [-0.2, -0.15) is 14.1 Å². The van der Waals surface area contributed by atoms with Crippen LogP contribution in [0.4, 0.5) is 5.69 Å². The van der Waals surface area contributed by atoms with Crippen molar-refractivity contribution in [3.8, 4) is 11.4 Å². The lowest BCUT2D eigenvalue weighted by Gasteiger charge is -2.35. The number of fused-ring (bicyclic) bond motifs is 1. The van der Waals surface area contributed by atoms with Gasteiger partial charge in [0.25, 0.3) is 0 Å². The number of halogens is 1. The number of nitrogens with zero attached hydrogens (tertiary/aromatic N) is 5. The maximum absolute atomic E-state index is 13.7. The highest BCUT2D eigenvalue weighted by Crippen LogP contribution is 2.35. The van der Waals surface area contributed by atoms with Gasteiger partial charge in [0.05, 0.1) is 23.8 Å². The number of benzene rings is 1. The number of aromatic nitrogens is 3. The van der Waals surface area contributed by atoms with E-state index in [9.17, 15) is 13.2 Å². The first-order valence-corrected chi connectivity index (χ1v) is 13.7. The van der Waals surface area contributed by atoms with Gasteiger partial charge >= 0.3 is 5.56 Å². The molecule has 1 atom stereocenters. The van der Waals surface area contributed by atoms with Gasteiger partial charge in [-0.05, 0) is 49.1 Å². The van der Waals surface area contributed by atoms with Crippen molar-refractivity contribution in [1.29, 1.82) is 0 Å². The molecule has 2 aromatic heterocycles. The second-order valence-electron chi connectivity index (χ2n) is 8.75. The maximum Gasteiger partial charge on any atom is 0.316 e. The van der Waals surface area contributed by atoms with Crippen molar-refractivity contribution >= 4 is 27.3 Å². The van der Waals surface area contributed by atoms with E-state index >= 15 is 0 Å². The molecule has 1 fully saturated rings. The van der Waals surface area contributed by atoms with Crippen molar-refractivity contribution in [3.05, 3.63) is 75.4 Å². The van der Waals surface area contributed by atoms with Crippen molar-refractivity contribution in [3.63, 3.8) is 0 Å². The molecule has 1 unspecified atom stereocenters. The monoisotopic (exact) mass is 515 g/mol. The van der Waals surface area contributed by atoms with Crippen molar-refractivity contribution in [2.45, 2.75) is 25.4 Å². The highest BCUT2D eigenvalue weighted by molar-refractivity contribution is 7.88. The van der Waals surface area contributed by atoms with Crippen LogP contribution >= 0.6 is 11.6 Å². The fraction of sp³-hybridized carbons (Fsp3) is 0.375. The second-order valence-corrected chi connectivity index (χ2v) is 11.2. The van der Waals surface area contributed by atoms with Crippen LogP contribution in [0.15, 0.2) is 53.6 Å². The summed E-state index contributed by atoms with van der Waals surface area (Å²) < 4.78 is 33.1. The van der Waals surface area contributed by atoms with Gasteiger partial charge in [-0.25, -0.2) is 8.42 Å². The number of piperazine rings is 1. The van der Waals surface area contributed by atoms with E-state index in [0.29, 0.717) is 42.6 Å². The van der Waals surface area contributed by atoms with E-state index in [1.165, 1.54) is 15.2 Å². The molecule has 2 aliphatic rings. The molecular weight excluding hydrogens is 490 g/mol.